The van der Waals surface area contributed by atoms with Gasteiger partial charge in [0.15, 0.2) is 0 Å². The fourth-order valence-electron chi connectivity index (χ4n) is 5.35. The molecular weight excluding hydrogens is 402 g/mol. The third kappa shape index (κ3) is 3.78. The van der Waals surface area contributed by atoms with E-state index in [9.17, 15) is 14.7 Å². The molecule has 3 aliphatic rings. The largest absolute Gasteiger partial charge is 0.394 e. The van der Waals surface area contributed by atoms with Gasteiger partial charge in [-0.05, 0) is 42.7 Å². The van der Waals surface area contributed by atoms with Crippen molar-refractivity contribution in [3.05, 3.63) is 65.5 Å². The lowest BCUT2D eigenvalue weighted by atomic mass is 9.73. The second kappa shape index (κ2) is 8.76. The number of amides is 2. The van der Waals surface area contributed by atoms with Crippen LogP contribution in [-0.2, 0) is 4.79 Å². The van der Waals surface area contributed by atoms with Gasteiger partial charge < -0.3 is 14.9 Å². The van der Waals surface area contributed by atoms with E-state index < -0.39 is 0 Å². The average molecular weight is 430 g/mol. The van der Waals surface area contributed by atoms with Crippen LogP contribution in [0.25, 0.3) is 0 Å². The Morgan fingerprint density at radius 2 is 1.91 bits per heavy atom. The number of aromatic nitrogens is 1. The molecule has 3 fully saturated rings. The van der Waals surface area contributed by atoms with E-state index in [1.165, 1.54) is 25.7 Å². The molecule has 1 aliphatic carbocycles. The molecular formula is C26H27N3O3. The molecule has 1 saturated carbocycles. The van der Waals surface area contributed by atoms with Crippen molar-refractivity contribution in [2.75, 3.05) is 19.7 Å². The molecule has 6 heteroatoms. The first-order valence-corrected chi connectivity index (χ1v) is 11.4. The van der Waals surface area contributed by atoms with Crippen molar-refractivity contribution in [1.29, 1.82) is 0 Å². The van der Waals surface area contributed by atoms with E-state index in [0.29, 0.717) is 18.2 Å². The summed E-state index contributed by atoms with van der Waals surface area (Å²) < 4.78 is 0. The number of aliphatic hydroxyl groups excluding tert-OH is 1. The Morgan fingerprint density at radius 3 is 2.59 bits per heavy atom. The van der Waals surface area contributed by atoms with Crippen molar-refractivity contribution < 1.29 is 14.7 Å². The van der Waals surface area contributed by atoms with Crippen molar-refractivity contribution in [2.45, 2.75) is 43.7 Å². The standard InChI is InChI=1S/C26H27N3O3/c30-17-23-25(20-12-10-19(11-13-20)9-8-18-5-1-2-6-18)22-15-28(16-24(31)29(22)23)26(32)21-7-3-4-14-27-21/h3-4,7,10-14,18,22-23,25,30H,1-2,5-6,15-17H2/t22-,23-,25-/m1/s1. The summed E-state index contributed by atoms with van der Waals surface area (Å²) >= 11 is 0. The lowest BCUT2D eigenvalue weighted by Crippen LogP contribution is -2.73. The summed E-state index contributed by atoms with van der Waals surface area (Å²) in [6, 6.07) is 12.9. The minimum absolute atomic E-state index is 0.0138. The highest BCUT2D eigenvalue weighted by Gasteiger charge is 2.54. The Labute approximate surface area is 188 Å². The molecule has 164 valence electrons. The van der Waals surface area contributed by atoms with E-state index in [1.54, 1.807) is 34.2 Å². The highest BCUT2D eigenvalue weighted by atomic mass is 16.3. The van der Waals surface area contributed by atoms with Gasteiger partial charge >= 0.3 is 0 Å². The molecule has 0 unspecified atom stereocenters. The van der Waals surface area contributed by atoms with Crippen LogP contribution in [0.4, 0.5) is 0 Å². The first kappa shape index (κ1) is 20.7. The Bertz CT molecular complexity index is 1050. The third-order valence-electron chi connectivity index (χ3n) is 6.99. The monoisotopic (exact) mass is 429 g/mol. The number of nitrogens with zero attached hydrogens (tertiary/aromatic N) is 3. The van der Waals surface area contributed by atoms with E-state index >= 15 is 0 Å². The van der Waals surface area contributed by atoms with Gasteiger partial charge in [0.1, 0.15) is 12.2 Å². The number of fused-ring (bicyclic) bond motifs is 1. The SMILES string of the molecule is O=C(c1ccccn1)N1CC(=O)N2[C@H](CO)[C@H](c3ccc(C#CC4CCCC4)cc3)[C@H]2C1. The van der Waals surface area contributed by atoms with E-state index in [0.717, 1.165) is 11.1 Å². The van der Waals surface area contributed by atoms with Gasteiger partial charge in [-0.3, -0.25) is 14.6 Å². The number of carbonyl (C=O) groups is 2. The van der Waals surface area contributed by atoms with Crippen LogP contribution in [0.15, 0.2) is 48.7 Å². The second-order valence-corrected chi connectivity index (χ2v) is 8.92. The van der Waals surface area contributed by atoms with Crippen LogP contribution in [0.5, 0.6) is 0 Å². The molecule has 2 aromatic rings. The molecule has 2 saturated heterocycles. The molecule has 6 nitrogen and oxygen atoms in total. The number of rotatable bonds is 3. The highest BCUT2D eigenvalue weighted by Crippen LogP contribution is 2.43. The van der Waals surface area contributed by atoms with Crippen LogP contribution >= 0.6 is 0 Å². The molecule has 2 amide bonds. The topological polar surface area (TPSA) is 73.7 Å². The van der Waals surface area contributed by atoms with E-state index in [1.807, 2.05) is 24.3 Å². The second-order valence-electron chi connectivity index (χ2n) is 8.92. The minimum Gasteiger partial charge on any atom is -0.394 e. The molecule has 32 heavy (non-hydrogen) atoms. The van der Waals surface area contributed by atoms with Gasteiger partial charge in [0.05, 0.1) is 18.7 Å². The maximum absolute atomic E-state index is 12.9. The predicted molar refractivity (Wildman–Crippen MR) is 120 cm³/mol. The minimum atomic E-state index is -0.255. The van der Waals surface area contributed by atoms with Gasteiger partial charge in [-0.15, -0.1) is 0 Å². The first-order chi connectivity index (χ1) is 15.7. The Hall–Kier alpha value is -3.17. The van der Waals surface area contributed by atoms with E-state index in [2.05, 4.69) is 16.8 Å². The molecule has 3 heterocycles. The summed E-state index contributed by atoms with van der Waals surface area (Å²) in [6.07, 6.45) is 6.53. The van der Waals surface area contributed by atoms with Crippen LogP contribution in [0.2, 0.25) is 0 Å². The fourth-order valence-corrected chi connectivity index (χ4v) is 5.35. The molecule has 5 rings (SSSR count). The zero-order valence-electron chi connectivity index (χ0n) is 18.0. The molecule has 1 N–H and O–H groups in total. The molecule has 0 radical (unpaired) electrons. The van der Waals surface area contributed by atoms with Crippen molar-refractivity contribution in [2.24, 2.45) is 5.92 Å². The van der Waals surface area contributed by atoms with Crippen LogP contribution in [0, 0.1) is 17.8 Å². The Balaban J connectivity index is 1.33. The molecule has 2 aliphatic heterocycles. The maximum atomic E-state index is 12.9. The zero-order valence-corrected chi connectivity index (χ0v) is 18.0. The van der Waals surface area contributed by atoms with E-state index in [-0.39, 0.29) is 43.0 Å². The number of hydrogen-bond acceptors (Lipinski definition) is 4. The predicted octanol–water partition coefficient (Wildman–Crippen LogP) is 2.43. The number of piperazine rings is 1. The molecule has 1 aromatic heterocycles. The number of benzene rings is 1. The smallest absolute Gasteiger partial charge is 0.272 e. The lowest BCUT2D eigenvalue weighted by Gasteiger charge is -2.58. The molecule has 1 aromatic carbocycles. The summed E-state index contributed by atoms with van der Waals surface area (Å²) in [7, 11) is 0. The van der Waals surface area contributed by atoms with Gasteiger partial charge in [0, 0.05) is 30.1 Å². The van der Waals surface area contributed by atoms with Crippen LogP contribution < -0.4 is 0 Å². The summed E-state index contributed by atoms with van der Waals surface area (Å²) in [5.41, 5.74) is 2.40. The van der Waals surface area contributed by atoms with E-state index in [4.69, 9.17) is 0 Å². The number of aliphatic hydroxyl groups is 1. The quantitative estimate of drug-likeness (QED) is 0.761. The number of hydrogen-bond donors (Lipinski definition) is 1. The zero-order chi connectivity index (χ0) is 22.1. The van der Waals surface area contributed by atoms with Crippen LogP contribution in [0.1, 0.15) is 53.2 Å². The average Bonchev–Trinajstić information content (AvgIpc) is 3.33. The Morgan fingerprint density at radius 1 is 1.12 bits per heavy atom. The summed E-state index contributed by atoms with van der Waals surface area (Å²) in [6.45, 7) is 0.362. The summed E-state index contributed by atoms with van der Waals surface area (Å²) in [5.74, 6) is 6.83. The van der Waals surface area contributed by atoms with Crippen molar-refractivity contribution >= 4 is 11.8 Å². The lowest BCUT2D eigenvalue weighted by molar-refractivity contribution is -0.159. The van der Waals surface area contributed by atoms with Gasteiger partial charge in [-0.25, -0.2) is 0 Å². The molecule has 3 atom stereocenters. The van der Waals surface area contributed by atoms with Crippen LogP contribution in [-0.4, -0.2) is 63.5 Å². The van der Waals surface area contributed by atoms with Crippen LogP contribution in [0.3, 0.4) is 0 Å². The highest BCUT2D eigenvalue weighted by molar-refractivity contribution is 5.96. The number of pyridine rings is 1. The summed E-state index contributed by atoms with van der Waals surface area (Å²) in [4.78, 5) is 33.1. The maximum Gasteiger partial charge on any atom is 0.272 e. The van der Waals surface area contributed by atoms with Crippen molar-refractivity contribution in [1.82, 2.24) is 14.8 Å². The first-order valence-electron chi connectivity index (χ1n) is 11.4. The molecule has 0 spiro atoms. The van der Waals surface area contributed by atoms with Gasteiger partial charge in [-0.2, -0.15) is 0 Å². The number of carbonyl (C=O) groups excluding carboxylic acids is 2. The molecule has 0 bridgehead atoms. The summed E-state index contributed by atoms with van der Waals surface area (Å²) in [5, 5.41) is 9.98. The normalized spacial score (nSPS) is 25.0. The fraction of sp³-hybridized carbons (Fsp3) is 0.423. The van der Waals surface area contributed by atoms with Crippen molar-refractivity contribution in [3.8, 4) is 11.8 Å². The van der Waals surface area contributed by atoms with Gasteiger partial charge in [0.25, 0.3) is 5.91 Å². The van der Waals surface area contributed by atoms with Gasteiger partial charge in [-0.1, -0.05) is 42.9 Å². The van der Waals surface area contributed by atoms with Gasteiger partial charge in [0.2, 0.25) is 5.91 Å². The van der Waals surface area contributed by atoms with Crippen molar-refractivity contribution in [3.63, 3.8) is 0 Å². The Kier molecular flexibility index (Phi) is 5.67. The third-order valence-corrected chi connectivity index (χ3v) is 6.99.